The monoisotopic (exact) mass is 299 g/mol. The van der Waals surface area contributed by atoms with Gasteiger partial charge in [0.2, 0.25) is 5.91 Å². The second kappa shape index (κ2) is 5.30. The van der Waals surface area contributed by atoms with Crippen LogP contribution in [-0.4, -0.2) is 33.7 Å². The summed E-state index contributed by atoms with van der Waals surface area (Å²) in [7, 11) is 0. The quantitative estimate of drug-likeness (QED) is 0.875. The summed E-state index contributed by atoms with van der Waals surface area (Å²) >= 11 is 0. The van der Waals surface area contributed by atoms with Crippen molar-refractivity contribution in [2.75, 3.05) is 13.1 Å². The van der Waals surface area contributed by atoms with Crippen molar-refractivity contribution < 1.29 is 9.21 Å². The van der Waals surface area contributed by atoms with Crippen LogP contribution in [0.15, 0.2) is 35.2 Å². The van der Waals surface area contributed by atoms with E-state index in [2.05, 4.69) is 11.3 Å². The number of aromatic nitrogens is 2. The lowest BCUT2D eigenvalue weighted by atomic mass is 10.0. The lowest BCUT2D eigenvalue weighted by Gasteiger charge is -2.33. The number of furan rings is 1. The average molecular weight is 299 g/mol. The molecule has 0 radical (unpaired) electrons. The Morgan fingerprint density at radius 1 is 1.45 bits per heavy atom. The van der Waals surface area contributed by atoms with Gasteiger partial charge in [0.1, 0.15) is 5.76 Å². The largest absolute Gasteiger partial charge is 0.469 e. The van der Waals surface area contributed by atoms with Gasteiger partial charge < -0.3 is 9.32 Å². The van der Waals surface area contributed by atoms with Crippen molar-refractivity contribution in [2.45, 2.75) is 38.1 Å². The number of hydrogen-bond acceptors (Lipinski definition) is 3. The first-order chi connectivity index (χ1) is 10.7. The third-order valence-corrected chi connectivity index (χ3v) is 4.83. The highest BCUT2D eigenvalue weighted by Crippen LogP contribution is 2.49. The Kier molecular flexibility index (Phi) is 3.28. The van der Waals surface area contributed by atoms with Crippen LogP contribution in [0.5, 0.6) is 0 Å². The molecular formula is C17H21N3O2. The molecule has 0 bridgehead atoms. The van der Waals surface area contributed by atoms with Gasteiger partial charge in [-0.2, -0.15) is 5.10 Å². The summed E-state index contributed by atoms with van der Waals surface area (Å²) < 4.78 is 7.45. The van der Waals surface area contributed by atoms with E-state index >= 15 is 0 Å². The van der Waals surface area contributed by atoms with E-state index < -0.39 is 0 Å². The average Bonchev–Trinajstić information content (AvgIpc) is 2.95. The lowest BCUT2D eigenvalue weighted by Crippen LogP contribution is -2.41. The third-order valence-electron chi connectivity index (χ3n) is 4.83. The molecular weight excluding hydrogens is 278 g/mol. The molecule has 5 nitrogen and oxygen atoms in total. The van der Waals surface area contributed by atoms with Crippen molar-refractivity contribution in [3.05, 3.63) is 42.1 Å². The molecule has 3 atom stereocenters. The molecule has 116 valence electrons. The van der Waals surface area contributed by atoms with Crippen LogP contribution in [-0.2, 0) is 4.79 Å². The molecule has 0 unspecified atom stereocenters. The molecule has 1 amide bonds. The number of hydrogen-bond donors (Lipinski definition) is 0. The molecule has 1 saturated heterocycles. The molecule has 0 spiro atoms. The fraction of sp³-hybridized carbons (Fsp3) is 0.529. The number of carbonyl (C=O) groups is 1. The summed E-state index contributed by atoms with van der Waals surface area (Å²) in [5.74, 6) is 1.64. The Balaban J connectivity index is 1.41. The van der Waals surface area contributed by atoms with Gasteiger partial charge in [-0.15, -0.1) is 0 Å². The highest BCUT2D eigenvalue weighted by atomic mass is 16.3. The maximum atomic E-state index is 12.7. The smallest absolute Gasteiger partial charge is 0.226 e. The Labute approximate surface area is 129 Å². The zero-order valence-corrected chi connectivity index (χ0v) is 12.8. The SMILES string of the molecule is Cc1cnn([C@@H]2CCCN(C(=O)[C@H]3C[C@@H]3c3ccco3)C2)c1. The summed E-state index contributed by atoms with van der Waals surface area (Å²) in [5, 5.41) is 4.41. The fourth-order valence-corrected chi connectivity index (χ4v) is 3.52. The number of nitrogens with zero attached hydrogens (tertiary/aromatic N) is 3. The van der Waals surface area contributed by atoms with Crippen LogP contribution in [0.4, 0.5) is 0 Å². The molecule has 2 fully saturated rings. The Morgan fingerprint density at radius 3 is 3.09 bits per heavy atom. The summed E-state index contributed by atoms with van der Waals surface area (Å²) in [6.07, 6.45) is 8.71. The zero-order chi connectivity index (χ0) is 15.1. The normalized spacial score (nSPS) is 27.9. The minimum Gasteiger partial charge on any atom is -0.469 e. The van der Waals surface area contributed by atoms with Gasteiger partial charge in [-0.1, -0.05) is 0 Å². The molecule has 2 aromatic heterocycles. The molecule has 1 saturated carbocycles. The van der Waals surface area contributed by atoms with E-state index in [4.69, 9.17) is 4.42 Å². The van der Waals surface area contributed by atoms with Gasteiger partial charge in [0.15, 0.2) is 0 Å². The highest BCUT2D eigenvalue weighted by molar-refractivity contribution is 5.83. The van der Waals surface area contributed by atoms with E-state index in [0.29, 0.717) is 6.04 Å². The van der Waals surface area contributed by atoms with Crippen LogP contribution in [0.3, 0.4) is 0 Å². The molecule has 4 rings (SSSR count). The number of likely N-dealkylation sites (tertiary alicyclic amines) is 1. The van der Waals surface area contributed by atoms with E-state index in [-0.39, 0.29) is 17.7 Å². The van der Waals surface area contributed by atoms with Crippen molar-refractivity contribution in [3.8, 4) is 0 Å². The Bertz CT molecular complexity index is 661. The molecule has 0 aromatic carbocycles. The van der Waals surface area contributed by atoms with E-state index in [9.17, 15) is 4.79 Å². The van der Waals surface area contributed by atoms with Crippen LogP contribution < -0.4 is 0 Å². The van der Waals surface area contributed by atoms with Crippen LogP contribution in [0.1, 0.15) is 42.5 Å². The molecule has 0 N–H and O–H groups in total. The topological polar surface area (TPSA) is 51.3 Å². The van der Waals surface area contributed by atoms with Crippen LogP contribution in [0.2, 0.25) is 0 Å². The number of rotatable bonds is 3. The van der Waals surface area contributed by atoms with Crippen molar-refractivity contribution in [3.63, 3.8) is 0 Å². The van der Waals surface area contributed by atoms with Gasteiger partial charge in [-0.25, -0.2) is 0 Å². The van der Waals surface area contributed by atoms with Gasteiger partial charge in [0.25, 0.3) is 0 Å². The van der Waals surface area contributed by atoms with Crippen molar-refractivity contribution in [2.24, 2.45) is 5.92 Å². The van der Waals surface area contributed by atoms with Crippen LogP contribution >= 0.6 is 0 Å². The Morgan fingerprint density at radius 2 is 2.36 bits per heavy atom. The third kappa shape index (κ3) is 2.45. The van der Waals surface area contributed by atoms with Gasteiger partial charge in [-0.05, 0) is 43.9 Å². The first-order valence-electron chi connectivity index (χ1n) is 8.05. The number of aryl methyl sites for hydroxylation is 1. The molecule has 2 aromatic rings. The van der Waals surface area contributed by atoms with Crippen LogP contribution in [0.25, 0.3) is 0 Å². The zero-order valence-electron chi connectivity index (χ0n) is 12.8. The Hall–Kier alpha value is -2.04. The van der Waals surface area contributed by atoms with Crippen molar-refractivity contribution >= 4 is 5.91 Å². The molecule has 22 heavy (non-hydrogen) atoms. The molecule has 1 aliphatic carbocycles. The first-order valence-corrected chi connectivity index (χ1v) is 8.05. The standard InChI is InChI=1S/C17H21N3O2/c1-12-9-18-20(10-12)13-4-2-6-19(11-13)17(21)15-8-14(15)16-5-3-7-22-16/h3,5,7,9-10,13-15H,2,4,6,8,11H2,1H3/t13-,14+,15+/m1/s1. The van der Waals surface area contributed by atoms with E-state index in [1.807, 2.05) is 34.8 Å². The predicted molar refractivity (Wildman–Crippen MR) is 81.4 cm³/mol. The van der Waals surface area contributed by atoms with Gasteiger partial charge in [-0.3, -0.25) is 9.48 Å². The minimum absolute atomic E-state index is 0.115. The molecule has 5 heteroatoms. The van der Waals surface area contributed by atoms with Crippen LogP contribution in [0, 0.1) is 12.8 Å². The molecule has 3 heterocycles. The maximum absolute atomic E-state index is 12.7. The number of amides is 1. The minimum atomic E-state index is 0.115. The predicted octanol–water partition coefficient (Wildman–Crippen LogP) is 2.75. The summed E-state index contributed by atoms with van der Waals surface area (Å²) in [4.78, 5) is 14.7. The van der Waals surface area contributed by atoms with E-state index in [0.717, 1.165) is 38.1 Å². The number of piperidine rings is 1. The second-order valence-corrected chi connectivity index (χ2v) is 6.54. The fourth-order valence-electron chi connectivity index (χ4n) is 3.52. The summed E-state index contributed by atoms with van der Waals surface area (Å²) in [5.41, 5.74) is 1.17. The van der Waals surface area contributed by atoms with Gasteiger partial charge >= 0.3 is 0 Å². The summed E-state index contributed by atoms with van der Waals surface area (Å²) in [6.45, 7) is 3.70. The van der Waals surface area contributed by atoms with Crippen molar-refractivity contribution in [1.82, 2.24) is 14.7 Å². The van der Waals surface area contributed by atoms with Gasteiger partial charge in [0.05, 0.1) is 18.5 Å². The number of carbonyl (C=O) groups excluding carboxylic acids is 1. The van der Waals surface area contributed by atoms with E-state index in [1.54, 1.807) is 6.26 Å². The maximum Gasteiger partial charge on any atom is 0.226 e. The lowest BCUT2D eigenvalue weighted by molar-refractivity contribution is -0.134. The summed E-state index contributed by atoms with van der Waals surface area (Å²) in [6, 6.07) is 4.18. The second-order valence-electron chi connectivity index (χ2n) is 6.54. The van der Waals surface area contributed by atoms with Crippen molar-refractivity contribution in [1.29, 1.82) is 0 Å². The van der Waals surface area contributed by atoms with Gasteiger partial charge in [0, 0.05) is 31.1 Å². The highest BCUT2D eigenvalue weighted by Gasteiger charge is 2.48. The van der Waals surface area contributed by atoms with E-state index in [1.165, 1.54) is 5.56 Å². The first kappa shape index (κ1) is 13.6. The molecule has 1 aliphatic heterocycles. The molecule has 2 aliphatic rings.